The molecule has 0 saturated carbocycles. The van der Waals surface area contributed by atoms with Gasteiger partial charge in [-0.3, -0.25) is 9.78 Å². The highest BCUT2D eigenvalue weighted by molar-refractivity contribution is 7.13. The minimum atomic E-state index is -0.270. The number of aromatic nitrogens is 2. The molecule has 3 rings (SSSR count). The molecule has 0 bridgehead atoms. The van der Waals surface area contributed by atoms with Crippen molar-refractivity contribution in [2.75, 3.05) is 0 Å². The molecule has 0 aliphatic heterocycles. The number of hydrogen-bond acceptors (Lipinski definition) is 5. The highest BCUT2D eigenvalue weighted by Gasteiger charge is 2.10. The number of benzene rings is 1. The zero-order chi connectivity index (χ0) is 16.1. The predicted octanol–water partition coefficient (Wildman–Crippen LogP) is 3.80. The Bertz CT molecular complexity index is 782. The van der Waals surface area contributed by atoms with E-state index in [4.69, 9.17) is 4.74 Å². The Morgan fingerprint density at radius 1 is 1.22 bits per heavy atom. The third-order valence-corrected chi connectivity index (χ3v) is 4.25. The molecule has 5 heteroatoms. The van der Waals surface area contributed by atoms with E-state index in [9.17, 15) is 4.79 Å². The van der Waals surface area contributed by atoms with Crippen LogP contribution in [0.1, 0.15) is 16.8 Å². The zero-order valence-electron chi connectivity index (χ0n) is 12.7. The second-order valence-corrected chi connectivity index (χ2v) is 6.07. The Morgan fingerprint density at radius 2 is 2.04 bits per heavy atom. The number of ether oxygens (including phenoxy) is 1. The van der Waals surface area contributed by atoms with Gasteiger partial charge in [-0.25, -0.2) is 4.98 Å². The summed E-state index contributed by atoms with van der Waals surface area (Å²) < 4.78 is 5.30. The SMILES string of the molecule is Cc1ccc(COC(=O)Cc2csc(-c3cccnc3)n2)cc1. The largest absolute Gasteiger partial charge is 0.461 e. The normalized spacial score (nSPS) is 10.5. The topological polar surface area (TPSA) is 52.1 Å². The summed E-state index contributed by atoms with van der Waals surface area (Å²) in [6, 6.07) is 11.8. The molecule has 1 aromatic carbocycles. The predicted molar refractivity (Wildman–Crippen MR) is 90.0 cm³/mol. The van der Waals surface area contributed by atoms with Crippen molar-refractivity contribution in [1.82, 2.24) is 9.97 Å². The summed E-state index contributed by atoms with van der Waals surface area (Å²) in [5.74, 6) is -0.270. The number of aryl methyl sites for hydroxylation is 1. The summed E-state index contributed by atoms with van der Waals surface area (Å²) in [7, 11) is 0. The van der Waals surface area contributed by atoms with Gasteiger partial charge in [0.25, 0.3) is 0 Å². The molecular formula is C18H16N2O2S. The summed E-state index contributed by atoms with van der Waals surface area (Å²) in [5, 5.41) is 2.74. The molecule has 0 aliphatic rings. The second-order valence-electron chi connectivity index (χ2n) is 5.21. The highest BCUT2D eigenvalue weighted by atomic mass is 32.1. The maximum absolute atomic E-state index is 11.9. The molecule has 23 heavy (non-hydrogen) atoms. The number of carbonyl (C=O) groups excluding carboxylic acids is 1. The van der Waals surface area contributed by atoms with E-state index in [0.29, 0.717) is 6.61 Å². The molecule has 4 nitrogen and oxygen atoms in total. The molecule has 0 N–H and O–H groups in total. The summed E-state index contributed by atoms with van der Waals surface area (Å²) in [6.07, 6.45) is 3.67. The molecule has 0 amide bonds. The van der Waals surface area contributed by atoms with Crippen LogP contribution in [0.2, 0.25) is 0 Å². The molecule has 0 radical (unpaired) electrons. The monoisotopic (exact) mass is 324 g/mol. The lowest BCUT2D eigenvalue weighted by Crippen LogP contribution is -2.08. The first-order valence-corrected chi connectivity index (χ1v) is 8.14. The van der Waals surface area contributed by atoms with Gasteiger partial charge in [-0.2, -0.15) is 0 Å². The molecule has 0 unspecified atom stereocenters. The van der Waals surface area contributed by atoms with Crippen LogP contribution in [0.25, 0.3) is 10.6 Å². The molecule has 0 atom stereocenters. The molecule has 0 spiro atoms. The van der Waals surface area contributed by atoms with Gasteiger partial charge in [0.15, 0.2) is 0 Å². The van der Waals surface area contributed by atoms with E-state index in [-0.39, 0.29) is 12.4 Å². The van der Waals surface area contributed by atoms with Crippen LogP contribution in [0.15, 0.2) is 54.2 Å². The molecular weight excluding hydrogens is 308 g/mol. The summed E-state index contributed by atoms with van der Waals surface area (Å²) >= 11 is 1.50. The van der Waals surface area contributed by atoms with Gasteiger partial charge in [0.05, 0.1) is 12.1 Å². The lowest BCUT2D eigenvalue weighted by atomic mass is 10.2. The minimum Gasteiger partial charge on any atom is -0.461 e. The average molecular weight is 324 g/mol. The van der Waals surface area contributed by atoms with Crippen molar-refractivity contribution >= 4 is 17.3 Å². The molecule has 0 saturated heterocycles. The van der Waals surface area contributed by atoms with Crippen LogP contribution in [0.3, 0.4) is 0 Å². The first-order valence-electron chi connectivity index (χ1n) is 7.27. The van der Waals surface area contributed by atoms with Gasteiger partial charge in [0.1, 0.15) is 11.6 Å². The minimum absolute atomic E-state index is 0.183. The van der Waals surface area contributed by atoms with Crippen molar-refractivity contribution in [3.63, 3.8) is 0 Å². The quantitative estimate of drug-likeness (QED) is 0.670. The van der Waals surface area contributed by atoms with Crippen molar-refractivity contribution in [3.8, 4) is 10.6 Å². The number of rotatable bonds is 5. The zero-order valence-corrected chi connectivity index (χ0v) is 13.5. The fourth-order valence-corrected chi connectivity index (χ4v) is 2.87. The van der Waals surface area contributed by atoms with Crippen LogP contribution in [0, 0.1) is 6.92 Å². The van der Waals surface area contributed by atoms with Crippen LogP contribution in [0.4, 0.5) is 0 Å². The van der Waals surface area contributed by atoms with Gasteiger partial charge in [-0.1, -0.05) is 29.8 Å². The van der Waals surface area contributed by atoms with E-state index >= 15 is 0 Å². The number of pyridine rings is 1. The van der Waals surface area contributed by atoms with E-state index in [2.05, 4.69) is 9.97 Å². The van der Waals surface area contributed by atoms with E-state index in [1.54, 1.807) is 12.4 Å². The standard InChI is InChI=1S/C18H16N2O2S/c1-13-4-6-14(7-5-13)11-22-17(21)9-16-12-23-18(20-16)15-3-2-8-19-10-15/h2-8,10,12H,9,11H2,1H3. The summed E-state index contributed by atoms with van der Waals surface area (Å²) in [5.41, 5.74) is 3.85. The van der Waals surface area contributed by atoms with Crippen LogP contribution in [0.5, 0.6) is 0 Å². The summed E-state index contributed by atoms with van der Waals surface area (Å²) in [4.78, 5) is 20.5. The van der Waals surface area contributed by atoms with Gasteiger partial charge in [0.2, 0.25) is 0 Å². The lowest BCUT2D eigenvalue weighted by Gasteiger charge is -2.04. The number of esters is 1. The van der Waals surface area contributed by atoms with Gasteiger partial charge in [-0.15, -0.1) is 11.3 Å². The van der Waals surface area contributed by atoms with E-state index in [0.717, 1.165) is 21.8 Å². The smallest absolute Gasteiger partial charge is 0.312 e. The Kier molecular flexibility index (Phi) is 4.78. The Labute approximate surface area is 138 Å². The van der Waals surface area contributed by atoms with Crippen molar-refractivity contribution in [2.24, 2.45) is 0 Å². The van der Waals surface area contributed by atoms with Crippen LogP contribution < -0.4 is 0 Å². The van der Waals surface area contributed by atoms with E-state index < -0.39 is 0 Å². The van der Waals surface area contributed by atoms with Crippen molar-refractivity contribution in [3.05, 3.63) is 71.0 Å². The van der Waals surface area contributed by atoms with Crippen molar-refractivity contribution < 1.29 is 9.53 Å². The molecule has 116 valence electrons. The van der Waals surface area contributed by atoms with Crippen molar-refractivity contribution in [2.45, 2.75) is 20.0 Å². The molecule has 2 heterocycles. The Morgan fingerprint density at radius 3 is 2.78 bits per heavy atom. The number of carbonyl (C=O) groups is 1. The Balaban J connectivity index is 1.56. The number of hydrogen-bond donors (Lipinski definition) is 0. The third-order valence-electron chi connectivity index (χ3n) is 3.31. The van der Waals surface area contributed by atoms with Crippen LogP contribution >= 0.6 is 11.3 Å². The van der Waals surface area contributed by atoms with Crippen LogP contribution in [-0.4, -0.2) is 15.9 Å². The molecule has 2 aromatic heterocycles. The second kappa shape index (κ2) is 7.15. The first kappa shape index (κ1) is 15.4. The molecule has 0 fully saturated rings. The maximum atomic E-state index is 11.9. The average Bonchev–Trinajstić information content (AvgIpc) is 3.04. The lowest BCUT2D eigenvalue weighted by molar-refractivity contribution is -0.144. The number of thiazole rings is 1. The molecule has 0 aliphatic carbocycles. The van der Waals surface area contributed by atoms with E-state index in [1.165, 1.54) is 16.9 Å². The highest BCUT2D eigenvalue weighted by Crippen LogP contribution is 2.22. The van der Waals surface area contributed by atoms with Gasteiger partial charge >= 0.3 is 5.97 Å². The van der Waals surface area contributed by atoms with Gasteiger partial charge in [-0.05, 0) is 24.6 Å². The maximum Gasteiger partial charge on any atom is 0.312 e. The summed E-state index contributed by atoms with van der Waals surface area (Å²) in [6.45, 7) is 2.32. The van der Waals surface area contributed by atoms with E-state index in [1.807, 2.05) is 48.7 Å². The number of nitrogens with zero attached hydrogens (tertiary/aromatic N) is 2. The van der Waals surface area contributed by atoms with Crippen molar-refractivity contribution in [1.29, 1.82) is 0 Å². The van der Waals surface area contributed by atoms with Crippen LogP contribution in [-0.2, 0) is 22.6 Å². The third kappa shape index (κ3) is 4.23. The first-order chi connectivity index (χ1) is 11.2. The fraction of sp³-hybridized carbons (Fsp3) is 0.167. The fourth-order valence-electron chi connectivity index (χ4n) is 2.06. The van der Waals surface area contributed by atoms with Gasteiger partial charge < -0.3 is 4.74 Å². The molecule has 3 aromatic rings. The Hall–Kier alpha value is -2.53. The van der Waals surface area contributed by atoms with Gasteiger partial charge in [0, 0.05) is 23.3 Å².